The monoisotopic (exact) mass is 1130 g/mol. The molecule has 2 aromatic heterocycles. The van der Waals surface area contributed by atoms with Crippen LogP contribution in [0.3, 0.4) is 0 Å². The Bertz CT molecular complexity index is 3490. The third kappa shape index (κ3) is 13.9. The van der Waals surface area contributed by atoms with Gasteiger partial charge in [-0.3, -0.25) is 0 Å². The first-order chi connectivity index (χ1) is 37.0. The Hall–Kier alpha value is -6.80. The van der Waals surface area contributed by atoms with Crippen molar-refractivity contribution >= 4 is 64.6 Å². The Labute approximate surface area is 449 Å². The quantitative estimate of drug-likeness (QED) is 0.0411. The van der Waals surface area contributed by atoms with Crippen LogP contribution in [0.1, 0.15) is 42.6 Å². The molecule has 2 aliphatic heterocycles. The van der Waals surface area contributed by atoms with Crippen LogP contribution < -0.4 is 35.5 Å². The van der Waals surface area contributed by atoms with Gasteiger partial charge in [-0.25, -0.2) is 21.6 Å². The number of nitrogens with one attached hydrogen (secondary N) is 5. The predicted octanol–water partition coefficient (Wildman–Crippen LogP) is 8.49. The zero-order valence-electron chi connectivity index (χ0n) is 43.6. The van der Waals surface area contributed by atoms with E-state index in [0.29, 0.717) is 65.0 Å². The summed E-state index contributed by atoms with van der Waals surface area (Å²) >= 11 is 0. The fourth-order valence-electron chi connectivity index (χ4n) is 9.53. The van der Waals surface area contributed by atoms with Gasteiger partial charge in [-0.05, 0) is 131 Å². The topological polar surface area (TPSA) is 172 Å². The Morgan fingerprint density at radius 2 is 1.19 bits per heavy atom. The summed E-state index contributed by atoms with van der Waals surface area (Å²) in [7, 11) is -0.647. The maximum absolute atomic E-state index is 14.4. The predicted molar refractivity (Wildman–Crippen MR) is 289 cm³/mol. The van der Waals surface area contributed by atoms with Crippen LogP contribution >= 0.6 is 0 Å². The van der Waals surface area contributed by atoms with Crippen molar-refractivity contribution in [2.24, 2.45) is 0 Å². The van der Waals surface area contributed by atoms with Gasteiger partial charge in [-0.2, -0.15) is 30.6 Å². The van der Waals surface area contributed by atoms with E-state index in [9.17, 15) is 43.2 Å². The molecule has 2 aliphatic rings. The third-order valence-corrected chi connectivity index (χ3v) is 16.8. The number of rotatable bonds is 18. The van der Waals surface area contributed by atoms with E-state index in [0.717, 1.165) is 45.1 Å². The second-order valence-electron chi connectivity index (χ2n) is 19.0. The van der Waals surface area contributed by atoms with E-state index in [4.69, 9.17) is 14.2 Å². The molecular formula is C54H61F6N9O7S2. The van der Waals surface area contributed by atoms with Crippen molar-refractivity contribution in [2.75, 3.05) is 96.0 Å². The first-order valence-corrected chi connectivity index (χ1v) is 27.9. The van der Waals surface area contributed by atoms with E-state index in [1.54, 1.807) is 30.3 Å². The number of benzene rings is 4. The Morgan fingerprint density at radius 3 is 1.76 bits per heavy atom. The molecule has 0 unspecified atom stereocenters. The first kappa shape index (κ1) is 57.4. The number of sulfonamides is 2. The zero-order valence-corrected chi connectivity index (χ0v) is 45.2. The highest BCUT2D eigenvalue weighted by Crippen LogP contribution is 2.36. The molecular weight excluding hydrogens is 1060 g/mol. The van der Waals surface area contributed by atoms with E-state index in [-0.39, 0.29) is 69.9 Å². The van der Waals surface area contributed by atoms with Crippen LogP contribution in [0, 0.1) is 23.7 Å². The van der Waals surface area contributed by atoms with E-state index in [1.807, 2.05) is 6.07 Å². The molecule has 5 N–H and O–H groups in total. The van der Waals surface area contributed by atoms with Gasteiger partial charge in [0.1, 0.15) is 24.6 Å². The number of anilines is 4. The highest BCUT2D eigenvalue weighted by Gasteiger charge is 2.32. The number of fused-ring (bicyclic) bond motifs is 2. The lowest BCUT2D eigenvalue weighted by Crippen LogP contribution is -2.36. The average molecular weight is 1130 g/mol. The minimum atomic E-state index is -4.67. The summed E-state index contributed by atoms with van der Waals surface area (Å²) in [6, 6.07) is 20.1. The molecule has 16 nitrogen and oxygen atoms in total. The molecule has 418 valence electrons. The number of likely N-dealkylation sites (tertiary alicyclic amines) is 1. The molecule has 0 amide bonds. The summed E-state index contributed by atoms with van der Waals surface area (Å²) < 4.78 is 160. The summed E-state index contributed by atoms with van der Waals surface area (Å²) in [6.07, 6.45) is -6.15. The van der Waals surface area contributed by atoms with Gasteiger partial charge in [0, 0.05) is 73.2 Å². The van der Waals surface area contributed by atoms with Gasteiger partial charge < -0.3 is 49.5 Å². The van der Waals surface area contributed by atoms with Crippen LogP contribution in [-0.4, -0.2) is 134 Å². The van der Waals surface area contributed by atoms with Crippen LogP contribution in [0.25, 0.3) is 21.8 Å². The molecule has 4 aromatic carbocycles. The zero-order chi connectivity index (χ0) is 56.0. The first-order valence-electron chi connectivity index (χ1n) is 25.0. The second kappa shape index (κ2) is 24.1. The third-order valence-electron chi connectivity index (χ3n) is 13.6. The molecule has 2 fully saturated rings. The summed E-state index contributed by atoms with van der Waals surface area (Å²) in [5.74, 6) is 11.9. The number of ether oxygens (including phenoxy) is 3. The lowest BCUT2D eigenvalue weighted by Gasteiger charge is -2.30. The van der Waals surface area contributed by atoms with Crippen LogP contribution in [0.2, 0.25) is 0 Å². The van der Waals surface area contributed by atoms with E-state index < -0.39 is 45.5 Å². The molecule has 0 atom stereocenters. The number of halogens is 6. The number of hydrogen-bond donors (Lipinski definition) is 5. The highest BCUT2D eigenvalue weighted by molar-refractivity contribution is 7.89. The van der Waals surface area contributed by atoms with E-state index in [1.165, 1.54) is 70.8 Å². The van der Waals surface area contributed by atoms with E-state index in [2.05, 4.69) is 61.6 Å². The van der Waals surface area contributed by atoms with Crippen molar-refractivity contribution in [1.29, 1.82) is 0 Å². The number of hydrogen-bond acceptors (Lipinski definition) is 12. The van der Waals surface area contributed by atoms with Gasteiger partial charge >= 0.3 is 12.4 Å². The number of methoxy groups -OCH3 is 2. The minimum Gasteiger partial charge on any atom is -0.495 e. The Morgan fingerprint density at radius 1 is 0.667 bits per heavy atom. The average Bonchev–Trinajstić information content (AvgIpc) is 4.05. The van der Waals surface area contributed by atoms with Gasteiger partial charge in [-0.1, -0.05) is 17.9 Å². The van der Waals surface area contributed by atoms with Gasteiger partial charge in [0.2, 0.25) is 20.0 Å². The number of aromatic nitrogens is 2. The molecule has 24 heteroatoms. The van der Waals surface area contributed by atoms with Crippen molar-refractivity contribution in [3.05, 3.63) is 95.8 Å². The molecule has 2 saturated heterocycles. The Kier molecular flexibility index (Phi) is 17.7. The van der Waals surface area contributed by atoms with Crippen molar-refractivity contribution in [2.45, 2.75) is 79.5 Å². The summed E-state index contributed by atoms with van der Waals surface area (Å²) in [5, 5.41) is 14.2. The molecule has 0 saturated carbocycles. The number of nitrogens with zero attached hydrogens (tertiary/aromatic N) is 4. The number of alkyl halides is 6. The van der Waals surface area contributed by atoms with Gasteiger partial charge in [0.15, 0.2) is 0 Å². The standard InChI is InChI=1S/C54H61F6N9O7S2/c1-61-77(70,71)41-13-15-46(51(31-41)74-4)62-22-8-10-40-30-44-48(65-38-19-25-76-26-20-38)27-36(28-50(44)69(40)35-54(58,59)60)33-67(3)78(72,73)42-14-16-47(52(32-42)75-5)63-21-7-9-39-29-43-45(64-37-17-23-66(2)24-18-37)11-6-12-49(43)68(39)34-53(55,56)57/h6,11-16,27-32,37-38,61-65H,17-26,33-35H2,1-5H3. The molecule has 0 radical (unpaired) electrons. The fraction of sp³-hybridized carbons (Fsp3) is 0.407. The van der Waals surface area contributed by atoms with Gasteiger partial charge in [0.05, 0.1) is 70.9 Å². The van der Waals surface area contributed by atoms with Crippen LogP contribution in [0.5, 0.6) is 11.5 Å². The minimum absolute atomic E-state index is 0.0341. The largest absolute Gasteiger partial charge is 0.495 e. The normalized spacial score (nSPS) is 15.2. The number of piperidine rings is 1. The van der Waals surface area contributed by atoms with E-state index >= 15 is 0 Å². The summed E-state index contributed by atoms with van der Waals surface area (Å²) in [5.41, 5.74) is 3.12. The summed E-state index contributed by atoms with van der Waals surface area (Å²) in [6.45, 7) is -0.229. The molecule has 0 bridgehead atoms. The lowest BCUT2D eigenvalue weighted by molar-refractivity contribution is -0.140. The Balaban J connectivity index is 1.02. The molecule has 8 rings (SSSR count). The maximum atomic E-state index is 14.4. The second-order valence-corrected chi connectivity index (χ2v) is 23.0. The highest BCUT2D eigenvalue weighted by atomic mass is 32.2. The lowest BCUT2D eigenvalue weighted by atomic mass is 10.0. The SMILES string of the molecule is CNS(=O)(=O)c1ccc(NCC#Cc2cc3c(NC4CCOCC4)cc(CN(C)S(=O)(=O)c4ccc(NCC#Cc5cc6c(NC7CCN(C)CC7)cccc6n5CC(F)(F)F)c(OC)c4)cc3n2CC(F)(F)F)c(OC)c1. The van der Waals surface area contributed by atoms with Crippen molar-refractivity contribution in [3.8, 4) is 35.2 Å². The molecule has 0 aliphatic carbocycles. The van der Waals surface area contributed by atoms with Crippen molar-refractivity contribution in [1.82, 2.24) is 23.1 Å². The van der Waals surface area contributed by atoms with Gasteiger partial charge in [0.25, 0.3) is 0 Å². The van der Waals surface area contributed by atoms with Crippen LogP contribution in [0.4, 0.5) is 49.1 Å². The van der Waals surface area contributed by atoms with Crippen molar-refractivity contribution < 1.29 is 57.4 Å². The van der Waals surface area contributed by atoms with Gasteiger partial charge in [-0.15, -0.1) is 0 Å². The van der Waals surface area contributed by atoms with Crippen LogP contribution in [-0.2, 0) is 44.4 Å². The molecule has 78 heavy (non-hydrogen) atoms. The molecule has 0 spiro atoms. The smallest absolute Gasteiger partial charge is 0.406 e. The van der Waals surface area contributed by atoms with Crippen LogP contribution in [0.15, 0.2) is 88.7 Å². The maximum Gasteiger partial charge on any atom is 0.406 e. The summed E-state index contributed by atoms with van der Waals surface area (Å²) in [4.78, 5) is 2.05. The fourth-order valence-corrected chi connectivity index (χ4v) is 11.4. The molecule has 6 aromatic rings. The molecule has 4 heterocycles. The van der Waals surface area contributed by atoms with Crippen molar-refractivity contribution in [3.63, 3.8) is 0 Å².